The van der Waals surface area contributed by atoms with Crippen molar-refractivity contribution in [3.05, 3.63) is 24.3 Å². The highest BCUT2D eigenvalue weighted by Crippen LogP contribution is 2.18. The minimum Gasteiger partial charge on any atom is -0.382 e. The minimum absolute atomic E-state index is 0.0000374. The van der Waals surface area contributed by atoms with Gasteiger partial charge in [-0.3, -0.25) is 4.79 Å². The van der Waals surface area contributed by atoms with Gasteiger partial charge in [-0.1, -0.05) is 13.8 Å². The normalized spacial score (nSPS) is 16.4. The van der Waals surface area contributed by atoms with Crippen molar-refractivity contribution in [3.63, 3.8) is 0 Å². The van der Waals surface area contributed by atoms with Crippen LogP contribution in [0.2, 0.25) is 0 Å². The van der Waals surface area contributed by atoms with Crippen LogP contribution in [-0.2, 0) is 9.53 Å². The lowest BCUT2D eigenvalue weighted by atomic mass is 10.1. The summed E-state index contributed by atoms with van der Waals surface area (Å²) < 4.78 is 5.34. The molecule has 4 heteroatoms. The van der Waals surface area contributed by atoms with Crippen LogP contribution in [0.5, 0.6) is 0 Å². The summed E-state index contributed by atoms with van der Waals surface area (Å²) >= 11 is 0. The highest BCUT2D eigenvalue weighted by atomic mass is 16.5. The summed E-state index contributed by atoms with van der Waals surface area (Å²) in [5.41, 5.74) is 1.94. The first kappa shape index (κ1) is 13.9. The quantitative estimate of drug-likeness (QED) is 0.877. The Hall–Kier alpha value is -1.55. The monoisotopic (exact) mass is 262 g/mol. The average molecular weight is 262 g/mol. The van der Waals surface area contributed by atoms with Crippen LogP contribution < -0.4 is 10.6 Å². The number of hydrogen-bond donors (Lipinski definition) is 2. The SMILES string of the molecule is CC(C)C(=O)Nc1ccc(NC2CCOCC2)cc1. The maximum atomic E-state index is 11.6. The van der Waals surface area contributed by atoms with E-state index in [2.05, 4.69) is 10.6 Å². The summed E-state index contributed by atoms with van der Waals surface area (Å²) in [6.07, 6.45) is 2.09. The first-order valence-corrected chi connectivity index (χ1v) is 6.90. The highest BCUT2D eigenvalue weighted by Gasteiger charge is 2.13. The number of amides is 1. The van der Waals surface area contributed by atoms with Gasteiger partial charge in [-0.25, -0.2) is 0 Å². The minimum atomic E-state index is 0.0000374. The Morgan fingerprint density at radius 3 is 2.32 bits per heavy atom. The first-order valence-electron chi connectivity index (χ1n) is 6.90. The standard InChI is InChI=1S/C15H22N2O2/c1-11(2)15(18)17-13-5-3-12(4-6-13)16-14-7-9-19-10-8-14/h3-6,11,14,16H,7-10H2,1-2H3,(H,17,18). The second kappa shape index (κ2) is 6.57. The van der Waals surface area contributed by atoms with Crippen LogP contribution in [0, 0.1) is 5.92 Å². The average Bonchev–Trinajstić information content (AvgIpc) is 2.42. The molecule has 1 aromatic rings. The van der Waals surface area contributed by atoms with E-state index in [1.807, 2.05) is 38.1 Å². The van der Waals surface area contributed by atoms with E-state index >= 15 is 0 Å². The molecule has 1 heterocycles. The van der Waals surface area contributed by atoms with E-state index in [9.17, 15) is 4.79 Å². The van der Waals surface area contributed by atoms with Crippen molar-refractivity contribution < 1.29 is 9.53 Å². The zero-order valence-electron chi connectivity index (χ0n) is 11.6. The lowest BCUT2D eigenvalue weighted by molar-refractivity contribution is -0.118. The molecule has 0 bridgehead atoms. The van der Waals surface area contributed by atoms with Crippen molar-refractivity contribution >= 4 is 17.3 Å². The van der Waals surface area contributed by atoms with E-state index in [1.54, 1.807) is 0 Å². The zero-order chi connectivity index (χ0) is 13.7. The molecule has 0 atom stereocenters. The van der Waals surface area contributed by atoms with E-state index in [-0.39, 0.29) is 11.8 Å². The van der Waals surface area contributed by atoms with Crippen molar-refractivity contribution in [2.75, 3.05) is 23.8 Å². The molecule has 4 nitrogen and oxygen atoms in total. The van der Waals surface area contributed by atoms with Crippen LogP contribution in [0.15, 0.2) is 24.3 Å². The first-order chi connectivity index (χ1) is 9.15. The molecule has 0 aliphatic carbocycles. The molecule has 0 aromatic heterocycles. The molecule has 19 heavy (non-hydrogen) atoms. The molecule has 2 N–H and O–H groups in total. The Kier molecular flexibility index (Phi) is 4.80. The highest BCUT2D eigenvalue weighted by molar-refractivity contribution is 5.92. The lowest BCUT2D eigenvalue weighted by Gasteiger charge is -2.24. The molecule has 1 fully saturated rings. The third-order valence-corrected chi connectivity index (χ3v) is 3.27. The number of nitrogens with one attached hydrogen (secondary N) is 2. The van der Waals surface area contributed by atoms with Gasteiger partial charge < -0.3 is 15.4 Å². The van der Waals surface area contributed by atoms with Crippen molar-refractivity contribution in [3.8, 4) is 0 Å². The Bertz CT molecular complexity index is 409. The molecule has 1 aliphatic rings. The van der Waals surface area contributed by atoms with Gasteiger partial charge in [-0.15, -0.1) is 0 Å². The second-order valence-electron chi connectivity index (χ2n) is 5.25. The summed E-state index contributed by atoms with van der Waals surface area (Å²) in [6.45, 7) is 5.44. The van der Waals surface area contributed by atoms with Gasteiger partial charge in [0.25, 0.3) is 0 Å². The van der Waals surface area contributed by atoms with Crippen molar-refractivity contribution in [2.24, 2.45) is 5.92 Å². The summed E-state index contributed by atoms with van der Waals surface area (Å²) in [7, 11) is 0. The van der Waals surface area contributed by atoms with E-state index in [1.165, 1.54) is 0 Å². The molecule has 1 saturated heterocycles. The topological polar surface area (TPSA) is 50.4 Å². The van der Waals surface area contributed by atoms with E-state index in [0.29, 0.717) is 6.04 Å². The van der Waals surface area contributed by atoms with Crippen LogP contribution >= 0.6 is 0 Å². The van der Waals surface area contributed by atoms with Gasteiger partial charge in [0.2, 0.25) is 5.91 Å². The van der Waals surface area contributed by atoms with E-state index in [0.717, 1.165) is 37.4 Å². The molecule has 1 aromatic carbocycles. The smallest absolute Gasteiger partial charge is 0.226 e. The number of ether oxygens (including phenoxy) is 1. The molecular formula is C15H22N2O2. The number of benzene rings is 1. The fraction of sp³-hybridized carbons (Fsp3) is 0.533. The fourth-order valence-corrected chi connectivity index (χ4v) is 2.01. The van der Waals surface area contributed by atoms with Crippen molar-refractivity contribution in [2.45, 2.75) is 32.7 Å². The van der Waals surface area contributed by atoms with Crippen LogP contribution in [0.1, 0.15) is 26.7 Å². The maximum Gasteiger partial charge on any atom is 0.226 e. The Morgan fingerprint density at radius 1 is 1.16 bits per heavy atom. The third-order valence-electron chi connectivity index (χ3n) is 3.27. The van der Waals surface area contributed by atoms with Gasteiger partial charge >= 0.3 is 0 Å². The van der Waals surface area contributed by atoms with Crippen LogP contribution in [0.4, 0.5) is 11.4 Å². The van der Waals surface area contributed by atoms with Crippen LogP contribution in [0.25, 0.3) is 0 Å². The largest absolute Gasteiger partial charge is 0.382 e. The number of rotatable bonds is 4. The van der Waals surface area contributed by atoms with Gasteiger partial charge in [0.15, 0.2) is 0 Å². The van der Waals surface area contributed by atoms with Crippen LogP contribution in [0.3, 0.4) is 0 Å². The van der Waals surface area contributed by atoms with Crippen LogP contribution in [-0.4, -0.2) is 25.2 Å². The zero-order valence-corrected chi connectivity index (χ0v) is 11.6. The Balaban J connectivity index is 1.88. The molecule has 1 amide bonds. The number of carbonyl (C=O) groups excluding carboxylic acids is 1. The molecule has 0 unspecified atom stereocenters. The number of anilines is 2. The number of hydrogen-bond acceptors (Lipinski definition) is 3. The van der Waals surface area contributed by atoms with Gasteiger partial charge in [-0.05, 0) is 37.1 Å². The molecule has 104 valence electrons. The van der Waals surface area contributed by atoms with E-state index in [4.69, 9.17) is 4.74 Å². The van der Waals surface area contributed by atoms with Gasteiger partial charge in [0, 0.05) is 36.5 Å². The summed E-state index contributed by atoms with van der Waals surface area (Å²) in [6, 6.07) is 8.37. The van der Waals surface area contributed by atoms with E-state index < -0.39 is 0 Å². The third kappa shape index (κ3) is 4.24. The van der Waals surface area contributed by atoms with Gasteiger partial charge in [0.1, 0.15) is 0 Å². The fourth-order valence-electron chi connectivity index (χ4n) is 2.01. The maximum absolute atomic E-state index is 11.6. The number of carbonyl (C=O) groups is 1. The molecular weight excluding hydrogens is 240 g/mol. The predicted molar refractivity (Wildman–Crippen MR) is 77.4 cm³/mol. The molecule has 0 saturated carbocycles. The van der Waals surface area contributed by atoms with Gasteiger partial charge in [0.05, 0.1) is 0 Å². The Morgan fingerprint density at radius 2 is 1.74 bits per heavy atom. The Labute approximate surface area is 114 Å². The lowest BCUT2D eigenvalue weighted by Crippen LogP contribution is -2.27. The predicted octanol–water partition coefficient (Wildman–Crippen LogP) is 2.87. The van der Waals surface area contributed by atoms with Crippen molar-refractivity contribution in [1.29, 1.82) is 0 Å². The second-order valence-corrected chi connectivity index (χ2v) is 5.25. The molecule has 0 spiro atoms. The molecule has 0 radical (unpaired) electrons. The summed E-state index contributed by atoms with van der Waals surface area (Å²) in [5.74, 6) is 0.0465. The summed E-state index contributed by atoms with van der Waals surface area (Å²) in [5, 5.41) is 6.38. The molecule has 2 rings (SSSR count). The molecule has 1 aliphatic heterocycles. The van der Waals surface area contributed by atoms with Crippen molar-refractivity contribution in [1.82, 2.24) is 0 Å². The summed E-state index contributed by atoms with van der Waals surface area (Å²) in [4.78, 5) is 11.6. The van der Waals surface area contributed by atoms with Gasteiger partial charge in [-0.2, -0.15) is 0 Å².